The van der Waals surface area contributed by atoms with Crippen LogP contribution >= 0.6 is 27.3 Å². The Morgan fingerprint density at radius 1 is 1.15 bits per heavy atom. The molecule has 0 bridgehead atoms. The number of halogens is 1. The van der Waals surface area contributed by atoms with Crippen LogP contribution in [0, 0.1) is 0 Å². The van der Waals surface area contributed by atoms with Crippen LogP contribution in [-0.2, 0) is 0 Å². The maximum atomic E-state index is 12.6. The zero-order valence-electron chi connectivity index (χ0n) is 13.9. The Hall–Kier alpha value is -2.32. The zero-order chi connectivity index (χ0) is 17.9. The van der Waals surface area contributed by atoms with Crippen molar-refractivity contribution >= 4 is 39.1 Å². The SMILES string of the molecule is O=C(c1cncc(Br)c1)N1CCN(c2nccc(-c3cccs3)n2)CC1. The molecule has 1 aliphatic rings. The molecule has 0 radical (unpaired) electrons. The quantitative estimate of drug-likeness (QED) is 0.638. The lowest BCUT2D eigenvalue weighted by atomic mass is 10.2. The van der Waals surface area contributed by atoms with Crippen LogP contribution in [0.15, 0.2) is 52.7 Å². The van der Waals surface area contributed by atoms with Crippen molar-refractivity contribution < 1.29 is 4.79 Å². The highest BCUT2D eigenvalue weighted by Crippen LogP contribution is 2.24. The van der Waals surface area contributed by atoms with E-state index >= 15 is 0 Å². The van der Waals surface area contributed by atoms with Crippen LogP contribution in [0.1, 0.15) is 10.4 Å². The molecule has 6 nitrogen and oxygen atoms in total. The van der Waals surface area contributed by atoms with Crippen molar-refractivity contribution in [2.45, 2.75) is 0 Å². The normalized spacial score (nSPS) is 14.5. The highest BCUT2D eigenvalue weighted by atomic mass is 79.9. The molecule has 1 aliphatic heterocycles. The molecule has 0 N–H and O–H groups in total. The van der Waals surface area contributed by atoms with Gasteiger partial charge >= 0.3 is 0 Å². The van der Waals surface area contributed by atoms with E-state index in [1.165, 1.54) is 0 Å². The van der Waals surface area contributed by atoms with Gasteiger partial charge in [0.2, 0.25) is 5.95 Å². The van der Waals surface area contributed by atoms with Gasteiger partial charge in [-0.2, -0.15) is 0 Å². The molecular weight excluding hydrogens is 414 g/mol. The van der Waals surface area contributed by atoms with E-state index in [1.807, 2.05) is 22.4 Å². The van der Waals surface area contributed by atoms with Crippen molar-refractivity contribution in [3.8, 4) is 10.6 Å². The van der Waals surface area contributed by atoms with E-state index in [0.29, 0.717) is 37.7 Å². The van der Waals surface area contributed by atoms with Crippen LogP contribution in [0.25, 0.3) is 10.6 Å². The number of hydrogen-bond donors (Lipinski definition) is 0. The Morgan fingerprint density at radius 3 is 2.73 bits per heavy atom. The first-order valence-electron chi connectivity index (χ1n) is 8.22. The predicted octanol–water partition coefficient (Wildman–Crippen LogP) is 3.33. The second kappa shape index (κ2) is 7.51. The summed E-state index contributed by atoms with van der Waals surface area (Å²) in [4.78, 5) is 30.9. The fourth-order valence-corrected chi connectivity index (χ4v) is 3.94. The molecular formula is C18H16BrN5OS. The fourth-order valence-electron chi connectivity index (χ4n) is 2.88. The van der Waals surface area contributed by atoms with Gasteiger partial charge in [-0.05, 0) is 39.5 Å². The smallest absolute Gasteiger partial charge is 0.255 e. The van der Waals surface area contributed by atoms with Gasteiger partial charge in [-0.25, -0.2) is 9.97 Å². The minimum atomic E-state index is 0.00621. The van der Waals surface area contributed by atoms with E-state index in [4.69, 9.17) is 0 Å². The van der Waals surface area contributed by atoms with Crippen molar-refractivity contribution in [1.82, 2.24) is 19.9 Å². The maximum absolute atomic E-state index is 12.6. The first-order chi connectivity index (χ1) is 12.7. The predicted molar refractivity (Wildman–Crippen MR) is 105 cm³/mol. The van der Waals surface area contributed by atoms with E-state index in [2.05, 4.69) is 41.8 Å². The Labute approximate surface area is 163 Å². The van der Waals surface area contributed by atoms with Gasteiger partial charge < -0.3 is 9.80 Å². The maximum Gasteiger partial charge on any atom is 0.255 e. The lowest BCUT2D eigenvalue weighted by Crippen LogP contribution is -2.49. The standard InChI is InChI=1S/C18H16BrN5OS/c19-14-10-13(11-20-12-14)17(25)23-5-7-24(8-6-23)18-21-4-3-15(22-18)16-2-1-9-26-16/h1-4,9-12H,5-8H2. The number of anilines is 1. The van der Waals surface area contributed by atoms with E-state index in [-0.39, 0.29) is 5.91 Å². The molecule has 1 fully saturated rings. The summed E-state index contributed by atoms with van der Waals surface area (Å²) in [6.07, 6.45) is 5.07. The Balaban J connectivity index is 1.44. The summed E-state index contributed by atoms with van der Waals surface area (Å²) in [5.74, 6) is 0.721. The molecule has 0 atom stereocenters. The number of amides is 1. The van der Waals surface area contributed by atoms with Gasteiger partial charge in [-0.15, -0.1) is 11.3 Å². The highest BCUT2D eigenvalue weighted by molar-refractivity contribution is 9.10. The summed E-state index contributed by atoms with van der Waals surface area (Å²) in [6, 6.07) is 7.80. The number of rotatable bonds is 3. The molecule has 0 aromatic carbocycles. The summed E-state index contributed by atoms with van der Waals surface area (Å²) in [6.45, 7) is 2.69. The van der Waals surface area contributed by atoms with Crippen LogP contribution in [-0.4, -0.2) is 51.9 Å². The summed E-state index contributed by atoms with van der Waals surface area (Å²) in [5.41, 5.74) is 1.53. The van der Waals surface area contributed by atoms with Crippen LogP contribution in [0.5, 0.6) is 0 Å². The largest absolute Gasteiger partial charge is 0.337 e. The fraction of sp³-hybridized carbons (Fsp3) is 0.222. The summed E-state index contributed by atoms with van der Waals surface area (Å²) in [7, 11) is 0. The summed E-state index contributed by atoms with van der Waals surface area (Å²) < 4.78 is 0.806. The number of piperazine rings is 1. The van der Waals surface area contributed by atoms with Crippen molar-refractivity contribution in [1.29, 1.82) is 0 Å². The molecule has 132 valence electrons. The number of hydrogen-bond acceptors (Lipinski definition) is 6. The molecule has 3 aromatic heterocycles. The number of carbonyl (C=O) groups excluding carboxylic acids is 1. The second-order valence-corrected chi connectivity index (χ2v) is 7.75. The third-order valence-corrected chi connectivity index (χ3v) is 5.54. The van der Waals surface area contributed by atoms with E-state index < -0.39 is 0 Å². The van der Waals surface area contributed by atoms with Gasteiger partial charge in [0.25, 0.3) is 5.91 Å². The van der Waals surface area contributed by atoms with E-state index in [9.17, 15) is 4.79 Å². The van der Waals surface area contributed by atoms with Gasteiger partial charge in [-0.3, -0.25) is 9.78 Å². The van der Waals surface area contributed by atoms with Crippen LogP contribution in [0.3, 0.4) is 0 Å². The van der Waals surface area contributed by atoms with E-state index in [1.54, 1.807) is 36.0 Å². The summed E-state index contributed by atoms with van der Waals surface area (Å²) in [5, 5.41) is 2.04. The number of nitrogens with zero attached hydrogens (tertiary/aromatic N) is 5. The molecule has 0 saturated carbocycles. The van der Waals surface area contributed by atoms with Crippen LogP contribution in [0.4, 0.5) is 5.95 Å². The third kappa shape index (κ3) is 3.61. The van der Waals surface area contributed by atoms with Gasteiger partial charge in [0.15, 0.2) is 0 Å². The molecule has 0 aliphatic carbocycles. The molecule has 0 unspecified atom stereocenters. The summed E-state index contributed by atoms with van der Waals surface area (Å²) >= 11 is 5.02. The average Bonchev–Trinajstić information content (AvgIpc) is 3.23. The first-order valence-corrected chi connectivity index (χ1v) is 9.90. The van der Waals surface area contributed by atoms with Crippen molar-refractivity contribution in [2.24, 2.45) is 0 Å². The van der Waals surface area contributed by atoms with E-state index in [0.717, 1.165) is 15.0 Å². The molecule has 4 heterocycles. The molecule has 26 heavy (non-hydrogen) atoms. The van der Waals surface area contributed by atoms with Gasteiger partial charge in [0, 0.05) is 49.2 Å². The average molecular weight is 430 g/mol. The first kappa shape index (κ1) is 17.1. The minimum absolute atomic E-state index is 0.00621. The molecule has 3 aromatic rings. The van der Waals surface area contributed by atoms with Crippen molar-refractivity contribution in [3.63, 3.8) is 0 Å². The number of thiophene rings is 1. The number of pyridine rings is 1. The lowest BCUT2D eigenvalue weighted by molar-refractivity contribution is 0.0745. The molecule has 1 saturated heterocycles. The Kier molecular flexibility index (Phi) is 4.94. The zero-order valence-corrected chi connectivity index (χ0v) is 16.3. The molecule has 0 spiro atoms. The van der Waals surface area contributed by atoms with Gasteiger partial charge in [0.1, 0.15) is 0 Å². The number of aromatic nitrogens is 3. The topological polar surface area (TPSA) is 62.2 Å². The van der Waals surface area contributed by atoms with Gasteiger partial charge in [-0.1, -0.05) is 6.07 Å². The Morgan fingerprint density at radius 2 is 2.00 bits per heavy atom. The lowest BCUT2D eigenvalue weighted by Gasteiger charge is -2.34. The van der Waals surface area contributed by atoms with Crippen molar-refractivity contribution in [3.05, 3.63) is 58.3 Å². The molecule has 4 rings (SSSR count). The Bertz CT molecular complexity index is 909. The van der Waals surface area contributed by atoms with Gasteiger partial charge in [0.05, 0.1) is 16.1 Å². The minimum Gasteiger partial charge on any atom is -0.337 e. The van der Waals surface area contributed by atoms with Crippen LogP contribution in [0.2, 0.25) is 0 Å². The second-order valence-electron chi connectivity index (χ2n) is 5.89. The third-order valence-electron chi connectivity index (χ3n) is 4.22. The molecule has 8 heteroatoms. The number of carbonyl (C=O) groups is 1. The highest BCUT2D eigenvalue weighted by Gasteiger charge is 2.24. The molecule has 1 amide bonds. The van der Waals surface area contributed by atoms with Crippen molar-refractivity contribution in [2.75, 3.05) is 31.1 Å². The van der Waals surface area contributed by atoms with Crippen LogP contribution < -0.4 is 4.90 Å². The monoisotopic (exact) mass is 429 g/mol.